The van der Waals surface area contributed by atoms with E-state index in [4.69, 9.17) is 22.1 Å². The first kappa shape index (κ1) is 15.6. The van der Waals surface area contributed by atoms with Crippen LogP contribution in [0.2, 0.25) is 5.02 Å². The number of rotatable bonds is 4. The molecule has 0 bridgehead atoms. The van der Waals surface area contributed by atoms with E-state index in [9.17, 15) is 0 Å². The summed E-state index contributed by atoms with van der Waals surface area (Å²) in [6.45, 7) is 6.34. The number of hydrogen-bond acceptors (Lipinski definition) is 3. The maximum absolute atomic E-state index is 6.29. The molecule has 1 aliphatic heterocycles. The van der Waals surface area contributed by atoms with E-state index in [0.717, 1.165) is 18.8 Å². The van der Waals surface area contributed by atoms with E-state index >= 15 is 0 Å². The first-order chi connectivity index (χ1) is 9.58. The summed E-state index contributed by atoms with van der Waals surface area (Å²) in [5.41, 5.74) is 7.25. The number of ether oxygens (including phenoxy) is 1. The Labute approximate surface area is 127 Å². The van der Waals surface area contributed by atoms with E-state index < -0.39 is 0 Å². The van der Waals surface area contributed by atoms with Crippen LogP contribution in [0.3, 0.4) is 0 Å². The fraction of sp³-hybridized carbons (Fsp3) is 0.625. The van der Waals surface area contributed by atoms with Crippen molar-refractivity contribution in [2.45, 2.75) is 38.8 Å². The predicted octanol–water partition coefficient (Wildman–Crippen LogP) is 3.47. The van der Waals surface area contributed by atoms with Gasteiger partial charge in [0.1, 0.15) is 5.75 Å². The van der Waals surface area contributed by atoms with Crippen molar-refractivity contribution in [3.8, 4) is 5.75 Å². The molecule has 1 aromatic rings. The van der Waals surface area contributed by atoms with Crippen LogP contribution >= 0.6 is 11.6 Å². The number of methoxy groups -OCH3 is 1. The largest absolute Gasteiger partial charge is 0.495 e. The summed E-state index contributed by atoms with van der Waals surface area (Å²) < 4.78 is 5.24. The van der Waals surface area contributed by atoms with E-state index in [1.54, 1.807) is 7.11 Å². The predicted molar refractivity (Wildman–Crippen MR) is 84.4 cm³/mol. The molecule has 1 aliphatic rings. The number of halogens is 1. The van der Waals surface area contributed by atoms with Gasteiger partial charge in [-0.2, -0.15) is 0 Å². The van der Waals surface area contributed by atoms with Crippen LogP contribution in [0, 0.1) is 5.92 Å². The summed E-state index contributed by atoms with van der Waals surface area (Å²) in [7, 11) is 1.64. The van der Waals surface area contributed by atoms with Crippen LogP contribution in [-0.2, 0) is 0 Å². The van der Waals surface area contributed by atoms with Crippen LogP contribution < -0.4 is 10.5 Å². The average molecular weight is 297 g/mol. The van der Waals surface area contributed by atoms with Gasteiger partial charge in [0.25, 0.3) is 0 Å². The summed E-state index contributed by atoms with van der Waals surface area (Å²) in [6, 6.07) is 6.98. The van der Waals surface area contributed by atoms with Gasteiger partial charge in [-0.15, -0.1) is 0 Å². The maximum atomic E-state index is 6.29. The second kappa shape index (κ2) is 6.79. The Morgan fingerprint density at radius 3 is 2.75 bits per heavy atom. The van der Waals surface area contributed by atoms with Crippen molar-refractivity contribution in [1.29, 1.82) is 0 Å². The Kier molecular flexibility index (Phi) is 5.30. The van der Waals surface area contributed by atoms with Crippen molar-refractivity contribution in [1.82, 2.24) is 4.90 Å². The van der Waals surface area contributed by atoms with Crippen molar-refractivity contribution < 1.29 is 4.74 Å². The van der Waals surface area contributed by atoms with Crippen molar-refractivity contribution >= 4 is 11.6 Å². The van der Waals surface area contributed by atoms with Crippen LogP contribution in [0.25, 0.3) is 0 Å². The van der Waals surface area contributed by atoms with Crippen molar-refractivity contribution in [3.63, 3.8) is 0 Å². The van der Waals surface area contributed by atoms with Gasteiger partial charge in [-0.1, -0.05) is 17.7 Å². The molecule has 3 nitrogen and oxygen atoms in total. The molecule has 1 aromatic carbocycles. The minimum absolute atomic E-state index is 0.358. The first-order valence-corrected chi connectivity index (χ1v) is 7.75. The molecule has 2 N–H and O–H groups in total. The highest BCUT2D eigenvalue weighted by molar-refractivity contribution is 6.32. The molecule has 0 radical (unpaired) electrons. The monoisotopic (exact) mass is 296 g/mol. The van der Waals surface area contributed by atoms with Gasteiger partial charge in [0.15, 0.2) is 0 Å². The molecule has 0 aromatic heterocycles. The Balaban J connectivity index is 2.35. The Morgan fingerprint density at radius 2 is 2.20 bits per heavy atom. The van der Waals surface area contributed by atoms with Crippen molar-refractivity contribution in [3.05, 3.63) is 28.8 Å². The lowest BCUT2D eigenvalue weighted by molar-refractivity contribution is 0.0665. The van der Waals surface area contributed by atoms with Gasteiger partial charge in [0.05, 0.1) is 12.1 Å². The van der Waals surface area contributed by atoms with E-state index in [1.807, 2.05) is 12.1 Å². The van der Waals surface area contributed by atoms with Crippen LogP contribution in [0.4, 0.5) is 0 Å². The summed E-state index contributed by atoms with van der Waals surface area (Å²) in [4.78, 5) is 2.54. The quantitative estimate of drug-likeness (QED) is 0.924. The lowest BCUT2D eigenvalue weighted by atomic mass is 9.84. The number of nitrogens with two attached hydrogens (primary N) is 1. The summed E-state index contributed by atoms with van der Waals surface area (Å²) in [5, 5.41) is 0.676. The average Bonchev–Trinajstić information content (AvgIpc) is 2.46. The number of hydrogen-bond donors (Lipinski definition) is 1. The number of piperidine rings is 1. The van der Waals surface area contributed by atoms with Crippen LogP contribution in [0.15, 0.2) is 18.2 Å². The molecule has 0 amide bonds. The number of likely N-dealkylation sites (tertiary alicyclic amines) is 1. The van der Waals surface area contributed by atoms with Gasteiger partial charge in [-0.25, -0.2) is 0 Å². The molecule has 2 atom stereocenters. The number of benzene rings is 1. The molecule has 112 valence electrons. The smallest absolute Gasteiger partial charge is 0.137 e. The normalized spacial score (nSPS) is 24.1. The van der Waals surface area contributed by atoms with Crippen molar-refractivity contribution in [2.75, 3.05) is 20.2 Å². The Bertz CT molecular complexity index is 450. The second-order valence-corrected chi connectivity index (χ2v) is 6.22. The van der Waals surface area contributed by atoms with Crippen LogP contribution in [0.1, 0.15) is 38.3 Å². The molecule has 2 unspecified atom stereocenters. The molecule has 0 spiro atoms. The highest BCUT2D eigenvalue weighted by atomic mass is 35.5. The van der Waals surface area contributed by atoms with Crippen molar-refractivity contribution in [2.24, 2.45) is 11.7 Å². The van der Waals surface area contributed by atoms with E-state index in [2.05, 4.69) is 24.8 Å². The minimum atomic E-state index is 0.358. The molecular weight excluding hydrogens is 272 g/mol. The molecule has 1 heterocycles. The topological polar surface area (TPSA) is 38.5 Å². The lowest BCUT2D eigenvalue weighted by Crippen LogP contribution is -2.44. The Morgan fingerprint density at radius 1 is 1.45 bits per heavy atom. The maximum Gasteiger partial charge on any atom is 0.137 e. The number of nitrogens with zero attached hydrogens (tertiary/aromatic N) is 1. The molecule has 20 heavy (non-hydrogen) atoms. The minimum Gasteiger partial charge on any atom is -0.495 e. The highest BCUT2D eigenvalue weighted by Crippen LogP contribution is 2.39. The van der Waals surface area contributed by atoms with Crippen LogP contribution in [0.5, 0.6) is 5.75 Å². The molecular formula is C16H25ClN2O. The molecule has 4 heteroatoms. The van der Waals surface area contributed by atoms with Gasteiger partial charge < -0.3 is 10.5 Å². The van der Waals surface area contributed by atoms with Gasteiger partial charge in [-0.05, 0) is 63.4 Å². The van der Waals surface area contributed by atoms with Gasteiger partial charge >= 0.3 is 0 Å². The highest BCUT2D eigenvalue weighted by Gasteiger charge is 2.33. The van der Waals surface area contributed by atoms with Gasteiger partial charge in [0.2, 0.25) is 0 Å². The Hall–Kier alpha value is -0.770. The molecule has 0 saturated carbocycles. The third-order valence-corrected chi connectivity index (χ3v) is 4.57. The van der Waals surface area contributed by atoms with Gasteiger partial charge in [0, 0.05) is 12.1 Å². The zero-order valence-electron chi connectivity index (χ0n) is 12.6. The first-order valence-electron chi connectivity index (χ1n) is 7.37. The summed E-state index contributed by atoms with van der Waals surface area (Å²) in [6.07, 6.45) is 2.41. The zero-order chi connectivity index (χ0) is 14.7. The summed E-state index contributed by atoms with van der Waals surface area (Å²) >= 11 is 6.29. The van der Waals surface area contributed by atoms with E-state index in [-0.39, 0.29) is 0 Å². The lowest BCUT2D eigenvalue weighted by Gasteiger charge is -2.43. The standard InChI is InChI=1S/C16H25ClN2O/c1-11(2)19-8-4-5-13(10-18)16(19)12-6-7-15(20-3)14(17)9-12/h6-7,9,11,13,16H,4-5,8,10,18H2,1-3H3. The fourth-order valence-corrected chi connectivity index (χ4v) is 3.53. The van der Waals surface area contributed by atoms with Gasteiger partial charge in [-0.3, -0.25) is 4.90 Å². The van der Waals surface area contributed by atoms with Crippen LogP contribution in [-0.4, -0.2) is 31.1 Å². The third kappa shape index (κ3) is 3.11. The molecule has 2 rings (SSSR count). The third-order valence-electron chi connectivity index (χ3n) is 4.28. The molecule has 1 fully saturated rings. The zero-order valence-corrected chi connectivity index (χ0v) is 13.4. The second-order valence-electron chi connectivity index (χ2n) is 5.81. The molecule has 0 aliphatic carbocycles. The van der Waals surface area contributed by atoms with E-state index in [0.29, 0.717) is 23.0 Å². The fourth-order valence-electron chi connectivity index (χ4n) is 3.26. The van der Waals surface area contributed by atoms with E-state index in [1.165, 1.54) is 18.4 Å². The SMILES string of the molecule is COc1ccc(C2C(CN)CCCN2C(C)C)cc1Cl. The molecule has 1 saturated heterocycles. The summed E-state index contributed by atoms with van der Waals surface area (Å²) in [5.74, 6) is 1.22.